The van der Waals surface area contributed by atoms with Crippen molar-refractivity contribution >= 4 is 21.8 Å². The van der Waals surface area contributed by atoms with Gasteiger partial charge in [0, 0.05) is 38.9 Å². The molecule has 1 aliphatic rings. The number of amides is 2. The number of sulfonamides is 1. The molecule has 0 aromatic heterocycles. The number of nitrogens with zero attached hydrogens (tertiary/aromatic N) is 1. The van der Waals surface area contributed by atoms with Gasteiger partial charge in [0.05, 0.1) is 18.0 Å². The van der Waals surface area contributed by atoms with Crippen LogP contribution < -0.4 is 20.7 Å². The number of hydrogen-bond donors (Lipinski definition) is 4. The molecule has 0 aliphatic carbocycles. The van der Waals surface area contributed by atoms with Gasteiger partial charge in [-0.2, -0.15) is 4.31 Å². The van der Waals surface area contributed by atoms with Gasteiger partial charge in [0.1, 0.15) is 11.5 Å². The molecule has 2 aromatic carbocycles. The molecule has 0 radical (unpaired) electrons. The van der Waals surface area contributed by atoms with E-state index in [1.165, 1.54) is 23.5 Å². The van der Waals surface area contributed by atoms with Gasteiger partial charge in [-0.15, -0.1) is 0 Å². The third kappa shape index (κ3) is 10.0. The lowest BCUT2D eigenvalue weighted by molar-refractivity contribution is -0.126. The second kappa shape index (κ2) is 15.1. The summed E-state index contributed by atoms with van der Waals surface area (Å²) < 4.78 is 34.4. The predicted molar refractivity (Wildman–Crippen MR) is 167 cm³/mol. The van der Waals surface area contributed by atoms with Crippen LogP contribution in [0, 0.1) is 11.3 Å². The summed E-state index contributed by atoms with van der Waals surface area (Å²) >= 11 is 0. The number of benzene rings is 2. The van der Waals surface area contributed by atoms with Gasteiger partial charge in [0.15, 0.2) is 0 Å². The number of rotatable bonds is 16. The van der Waals surface area contributed by atoms with E-state index in [9.17, 15) is 23.1 Å². The van der Waals surface area contributed by atoms with Gasteiger partial charge in [-0.1, -0.05) is 58.0 Å². The molecule has 0 spiro atoms. The fourth-order valence-corrected chi connectivity index (χ4v) is 7.07. The minimum atomic E-state index is -4.13. The van der Waals surface area contributed by atoms with Gasteiger partial charge in [-0.3, -0.25) is 9.59 Å². The number of ether oxygens (including phenoxy) is 1. The normalized spacial score (nSPS) is 17.1. The van der Waals surface area contributed by atoms with Crippen LogP contribution in [0.4, 0.5) is 0 Å². The molecule has 0 saturated carbocycles. The van der Waals surface area contributed by atoms with Gasteiger partial charge < -0.3 is 25.8 Å². The van der Waals surface area contributed by atoms with Crippen molar-refractivity contribution in [1.29, 1.82) is 0 Å². The maximum atomic E-state index is 14.0. The summed E-state index contributed by atoms with van der Waals surface area (Å²) in [7, 11) is -2.62. The third-order valence-electron chi connectivity index (χ3n) is 7.58. The molecule has 2 aromatic rings. The summed E-state index contributed by atoms with van der Waals surface area (Å²) in [4.78, 5) is 25.4. The largest absolute Gasteiger partial charge is 0.497 e. The zero-order valence-electron chi connectivity index (χ0n) is 26.1. The summed E-state index contributed by atoms with van der Waals surface area (Å²) in [6, 6.07) is 15.1. The average molecular weight is 617 g/mol. The number of hydrogen-bond acceptors (Lipinski definition) is 7. The molecule has 11 heteroatoms. The predicted octanol–water partition coefficient (Wildman–Crippen LogP) is 3.06. The van der Waals surface area contributed by atoms with Crippen molar-refractivity contribution in [3.8, 4) is 5.75 Å². The Morgan fingerprint density at radius 2 is 1.77 bits per heavy atom. The minimum absolute atomic E-state index is 0.0275. The molecule has 1 aliphatic heterocycles. The number of carbonyl (C=O) groups excluding carboxylic acids is 2. The van der Waals surface area contributed by atoms with E-state index in [0.29, 0.717) is 12.3 Å². The van der Waals surface area contributed by atoms with E-state index in [1.54, 1.807) is 12.1 Å². The minimum Gasteiger partial charge on any atom is -0.497 e. The highest BCUT2D eigenvalue weighted by Crippen LogP contribution is 2.31. The third-order valence-corrected chi connectivity index (χ3v) is 9.51. The fraction of sp³-hybridized carbons (Fsp3) is 0.562. The molecule has 2 unspecified atom stereocenters. The van der Waals surface area contributed by atoms with Crippen molar-refractivity contribution in [3.63, 3.8) is 0 Å². The van der Waals surface area contributed by atoms with Crippen LogP contribution in [0.25, 0.3) is 0 Å². The van der Waals surface area contributed by atoms with Gasteiger partial charge in [-0.05, 0) is 60.5 Å². The van der Waals surface area contributed by atoms with E-state index in [0.717, 1.165) is 24.9 Å². The second-order valence-electron chi connectivity index (χ2n) is 12.6. The Morgan fingerprint density at radius 1 is 1.09 bits per heavy atom. The highest BCUT2D eigenvalue weighted by atomic mass is 32.2. The number of aliphatic hydroxyl groups is 1. The number of methoxy groups -OCH3 is 1. The molecule has 2 atom stereocenters. The molecular weight excluding hydrogens is 568 g/mol. The molecular formula is C32H48N4O6S. The number of carbonyl (C=O) groups is 2. The lowest BCUT2D eigenvalue weighted by Gasteiger charge is -2.40. The first-order valence-corrected chi connectivity index (χ1v) is 16.4. The fourth-order valence-electron chi connectivity index (χ4n) is 5.24. The van der Waals surface area contributed by atoms with E-state index in [2.05, 4.69) is 16.0 Å². The van der Waals surface area contributed by atoms with Crippen LogP contribution in [0.1, 0.15) is 58.9 Å². The van der Waals surface area contributed by atoms with Crippen LogP contribution >= 0.6 is 0 Å². The lowest BCUT2D eigenvalue weighted by atomic mass is 9.88. The Morgan fingerprint density at radius 3 is 2.35 bits per heavy atom. The van der Waals surface area contributed by atoms with Crippen molar-refractivity contribution in [2.24, 2.45) is 11.3 Å². The molecule has 43 heavy (non-hydrogen) atoms. The topological polar surface area (TPSA) is 137 Å². The van der Waals surface area contributed by atoms with Crippen LogP contribution in [0.15, 0.2) is 59.5 Å². The van der Waals surface area contributed by atoms with E-state index in [-0.39, 0.29) is 61.0 Å². The van der Waals surface area contributed by atoms with E-state index < -0.39 is 21.2 Å². The van der Waals surface area contributed by atoms with Crippen LogP contribution in [0.3, 0.4) is 0 Å². The zero-order valence-corrected chi connectivity index (χ0v) is 26.9. The Bertz CT molecular complexity index is 1290. The first-order chi connectivity index (χ1) is 20.3. The quantitative estimate of drug-likeness (QED) is 0.213. The van der Waals surface area contributed by atoms with Gasteiger partial charge in [-0.25, -0.2) is 8.42 Å². The first kappa shape index (κ1) is 34.5. The molecule has 3 rings (SSSR count). The van der Waals surface area contributed by atoms with Crippen LogP contribution in [-0.4, -0.2) is 74.7 Å². The zero-order chi connectivity index (χ0) is 31.7. The average Bonchev–Trinajstić information content (AvgIpc) is 3.50. The molecule has 238 valence electrons. The van der Waals surface area contributed by atoms with Crippen LogP contribution in [0.5, 0.6) is 5.75 Å². The van der Waals surface area contributed by atoms with Crippen LogP contribution in [-0.2, 0) is 26.0 Å². The Balaban J connectivity index is 1.75. The van der Waals surface area contributed by atoms with Crippen molar-refractivity contribution in [3.05, 3.63) is 60.2 Å². The Hall–Kier alpha value is -2.99. The van der Waals surface area contributed by atoms with Crippen molar-refractivity contribution < 1.29 is 27.9 Å². The van der Waals surface area contributed by atoms with Gasteiger partial charge >= 0.3 is 0 Å². The highest BCUT2D eigenvalue weighted by Gasteiger charge is 2.43. The lowest BCUT2D eigenvalue weighted by Crippen LogP contribution is -2.56. The smallest absolute Gasteiger partial charge is 0.245 e. The molecule has 1 heterocycles. The summed E-state index contributed by atoms with van der Waals surface area (Å²) in [5.41, 5.74) is -1.56. The van der Waals surface area contributed by atoms with E-state index in [1.807, 2.05) is 58.0 Å². The monoisotopic (exact) mass is 616 g/mol. The Kier molecular flexibility index (Phi) is 12.1. The molecule has 1 saturated heterocycles. The summed E-state index contributed by atoms with van der Waals surface area (Å²) in [6.07, 6.45) is 1.94. The molecule has 1 fully saturated rings. The van der Waals surface area contributed by atoms with Gasteiger partial charge in [0.2, 0.25) is 21.8 Å². The van der Waals surface area contributed by atoms with E-state index >= 15 is 0 Å². The van der Waals surface area contributed by atoms with Gasteiger partial charge in [0.25, 0.3) is 0 Å². The molecule has 10 nitrogen and oxygen atoms in total. The maximum Gasteiger partial charge on any atom is 0.245 e. The maximum absolute atomic E-state index is 14.0. The van der Waals surface area contributed by atoms with Crippen molar-refractivity contribution in [2.75, 3.05) is 33.3 Å². The first-order valence-electron chi connectivity index (χ1n) is 15.0. The Labute approximate surface area is 256 Å². The van der Waals surface area contributed by atoms with E-state index in [4.69, 9.17) is 4.74 Å². The SMILES string of the molecule is COc1ccc(S(=O)(=O)N(CC(C)C)C(O)(CCNC(=O)CC(C)(C)CNC(=O)C2CCCN2)Cc2ccccc2)cc1. The molecule has 4 N–H and O–H groups in total. The van der Waals surface area contributed by atoms with Crippen molar-refractivity contribution in [1.82, 2.24) is 20.3 Å². The van der Waals surface area contributed by atoms with Crippen LogP contribution in [0.2, 0.25) is 0 Å². The number of nitrogens with one attached hydrogen (secondary N) is 3. The second-order valence-corrected chi connectivity index (χ2v) is 14.4. The summed E-state index contributed by atoms with van der Waals surface area (Å²) in [5.74, 6) is 0.142. The standard InChI is InChI=1S/C32H48N4O6S/c1-24(2)22-36(43(40,41)27-15-13-26(42-5)14-16-27)32(39,20-25-10-7-6-8-11-25)17-19-34-29(37)21-31(3,4)23-35-30(38)28-12-9-18-33-28/h6-8,10-11,13-16,24,28,33,39H,9,12,17-23H2,1-5H3,(H,34,37)(H,35,38). The summed E-state index contributed by atoms with van der Waals surface area (Å²) in [5, 5.41) is 21.2. The molecule has 0 bridgehead atoms. The van der Waals surface area contributed by atoms with Crippen molar-refractivity contribution in [2.45, 2.75) is 76.5 Å². The molecule has 2 amide bonds. The summed E-state index contributed by atoms with van der Waals surface area (Å²) in [6.45, 7) is 8.92. The highest BCUT2D eigenvalue weighted by molar-refractivity contribution is 7.89.